The van der Waals surface area contributed by atoms with Gasteiger partial charge in [0.15, 0.2) is 0 Å². The number of methoxy groups -OCH3 is 1. The van der Waals surface area contributed by atoms with Gasteiger partial charge in [-0.1, -0.05) is 56.7 Å². The largest absolute Gasteiger partial charge is 0.513 e. The van der Waals surface area contributed by atoms with Crippen LogP contribution in [0, 0.1) is 19.8 Å². The molecule has 298 valence electrons. The first-order chi connectivity index (χ1) is 25.7. The Morgan fingerprint density at radius 2 is 1.52 bits per heavy atom. The number of hydrogen-bond donors (Lipinski definition) is 5. The quantitative estimate of drug-likeness (QED) is 0.0619. The summed E-state index contributed by atoms with van der Waals surface area (Å²) in [5.41, 5.74) is 2.72. The number of esters is 1. The molecule has 0 saturated heterocycles. The summed E-state index contributed by atoms with van der Waals surface area (Å²) in [6.07, 6.45) is 3.94. The van der Waals surface area contributed by atoms with Crippen molar-refractivity contribution in [3.63, 3.8) is 0 Å². The molecule has 0 bridgehead atoms. The lowest BCUT2D eigenvalue weighted by Gasteiger charge is -2.23. The zero-order chi connectivity index (χ0) is 40.0. The second kappa shape index (κ2) is 24.5. The maximum atomic E-state index is 13.3. The van der Waals surface area contributed by atoms with Crippen LogP contribution in [0.15, 0.2) is 42.5 Å². The molecule has 14 nitrogen and oxygen atoms in total. The molecule has 2 aromatic rings. The number of carbonyl (C=O) groups is 6. The molecule has 3 atom stereocenters. The van der Waals surface area contributed by atoms with Crippen molar-refractivity contribution >= 4 is 53.2 Å². The molecule has 0 aliphatic carbocycles. The van der Waals surface area contributed by atoms with Crippen LogP contribution >= 0.6 is 11.8 Å². The fraction of sp³-hybridized carbons (Fsp3) is 0.538. The van der Waals surface area contributed by atoms with E-state index in [-0.39, 0.29) is 30.8 Å². The highest BCUT2D eigenvalue weighted by molar-refractivity contribution is 7.98. The van der Waals surface area contributed by atoms with Crippen molar-refractivity contribution < 1.29 is 43.0 Å². The lowest BCUT2D eigenvalue weighted by molar-refractivity contribution is -0.140. The average molecular weight is 772 g/mol. The fourth-order valence-corrected chi connectivity index (χ4v) is 5.66. The van der Waals surface area contributed by atoms with E-state index < -0.39 is 48.5 Å². The van der Waals surface area contributed by atoms with Crippen LogP contribution < -0.4 is 31.3 Å². The molecule has 0 radical (unpaired) electrons. The summed E-state index contributed by atoms with van der Waals surface area (Å²) in [4.78, 5) is 76.4. The summed E-state index contributed by atoms with van der Waals surface area (Å²) in [5.74, 6) is -1.17. The molecule has 4 amide bonds. The van der Waals surface area contributed by atoms with E-state index in [4.69, 9.17) is 9.47 Å². The molecule has 1 unspecified atom stereocenters. The Morgan fingerprint density at radius 1 is 0.815 bits per heavy atom. The first kappa shape index (κ1) is 45.4. The van der Waals surface area contributed by atoms with E-state index in [9.17, 15) is 28.8 Å². The van der Waals surface area contributed by atoms with E-state index in [2.05, 4.69) is 31.3 Å². The Kier molecular flexibility index (Phi) is 20.6. The highest BCUT2D eigenvalue weighted by Crippen LogP contribution is 2.30. The van der Waals surface area contributed by atoms with Crippen LogP contribution in [0.2, 0.25) is 0 Å². The van der Waals surface area contributed by atoms with Crippen LogP contribution in [0.3, 0.4) is 0 Å². The van der Waals surface area contributed by atoms with Gasteiger partial charge in [0.2, 0.25) is 23.6 Å². The third-order valence-electron chi connectivity index (χ3n) is 8.27. The second-order valence-corrected chi connectivity index (χ2v) is 14.3. The Bertz CT molecular complexity index is 1540. The fourth-order valence-electron chi connectivity index (χ4n) is 5.19. The predicted octanol–water partition coefficient (Wildman–Crippen LogP) is 4.21. The van der Waals surface area contributed by atoms with Crippen molar-refractivity contribution in [3.8, 4) is 5.75 Å². The zero-order valence-corrected chi connectivity index (χ0v) is 33.3. The predicted molar refractivity (Wildman–Crippen MR) is 209 cm³/mol. The summed E-state index contributed by atoms with van der Waals surface area (Å²) in [6.45, 7) is 9.21. The minimum absolute atomic E-state index is 0.148. The molecule has 5 N–H and O–H groups in total. The standard InChI is InChI=1S/C39H57N5O9S/c1-25(2)24-52-39(50)53-35-26(3)17-18-30(27(35)4)42-28(5)36(47)44-31(19-21-54-7)37(48)41-23-33(45)43-32(22-29-14-10-8-11-15-29)38(49)40-20-13-9-12-16-34(46)51-6/h8,10-11,14-15,17-18,25,28,31-32,42H,9,12-13,16,19-24H2,1-7H3,(H,40,49)(H,41,48)(H,43,45)(H,44,47)/t28?,31-,32+/m1/s1. The van der Waals surface area contributed by atoms with Crippen LogP contribution in [-0.2, 0) is 39.9 Å². The Hall–Kier alpha value is -4.79. The summed E-state index contributed by atoms with van der Waals surface area (Å²) in [6, 6.07) is 10.2. The molecule has 0 heterocycles. The number of aryl methyl sites for hydroxylation is 1. The van der Waals surface area contributed by atoms with Gasteiger partial charge in [0.25, 0.3) is 0 Å². The molecule has 0 aliphatic heterocycles. The van der Waals surface area contributed by atoms with Crippen LogP contribution in [-0.4, -0.2) is 92.7 Å². The molecular formula is C39H57N5O9S. The molecule has 2 aromatic carbocycles. The van der Waals surface area contributed by atoms with E-state index in [0.29, 0.717) is 60.5 Å². The minimum atomic E-state index is -0.932. The molecule has 15 heteroatoms. The average Bonchev–Trinajstić information content (AvgIpc) is 3.15. The van der Waals surface area contributed by atoms with Gasteiger partial charge in [-0.3, -0.25) is 24.0 Å². The number of rotatable bonds is 23. The van der Waals surface area contributed by atoms with Crippen molar-refractivity contribution in [1.29, 1.82) is 0 Å². The third kappa shape index (κ3) is 16.9. The molecule has 0 saturated carbocycles. The van der Waals surface area contributed by atoms with Crippen LogP contribution in [0.5, 0.6) is 5.75 Å². The Labute approximate surface area is 323 Å². The van der Waals surface area contributed by atoms with Gasteiger partial charge in [-0.25, -0.2) is 4.79 Å². The third-order valence-corrected chi connectivity index (χ3v) is 8.92. The van der Waals surface area contributed by atoms with Gasteiger partial charge in [0.05, 0.1) is 20.3 Å². The van der Waals surface area contributed by atoms with Gasteiger partial charge in [0.1, 0.15) is 23.9 Å². The van der Waals surface area contributed by atoms with Gasteiger partial charge in [-0.05, 0) is 75.2 Å². The number of ether oxygens (including phenoxy) is 3. The van der Waals surface area contributed by atoms with Crippen molar-refractivity contribution in [2.45, 2.75) is 91.3 Å². The van der Waals surface area contributed by atoms with Crippen molar-refractivity contribution in [1.82, 2.24) is 21.3 Å². The lowest BCUT2D eigenvalue weighted by Crippen LogP contribution is -2.54. The summed E-state index contributed by atoms with van der Waals surface area (Å²) < 4.78 is 15.3. The van der Waals surface area contributed by atoms with E-state index >= 15 is 0 Å². The number of unbranched alkanes of at least 4 members (excludes halogenated alkanes) is 2. The SMILES string of the molecule is COC(=O)CCCCCNC(=O)[C@H](Cc1ccccc1)NC(=O)CNC(=O)[C@@H](CCSC)NC(=O)C(C)Nc1ccc(C)c(OC(=O)OCC(C)C)c1C. The topological polar surface area (TPSA) is 190 Å². The van der Waals surface area contributed by atoms with Gasteiger partial charge in [0, 0.05) is 30.6 Å². The maximum Gasteiger partial charge on any atom is 0.513 e. The summed E-state index contributed by atoms with van der Waals surface area (Å²) in [5, 5.41) is 14.1. The minimum Gasteiger partial charge on any atom is -0.469 e. The highest BCUT2D eigenvalue weighted by atomic mass is 32.2. The smallest absolute Gasteiger partial charge is 0.469 e. The monoisotopic (exact) mass is 771 g/mol. The molecule has 2 rings (SSSR count). The molecule has 0 aromatic heterocycles. The molecule has 0 spiro atoms. The number of hydrogen-bond acceptors (Lipinski definition) is 11. The highest BCUT2D eigenvalue weighted by Gasteiger charge is 2.26. The number of amides is 4. The van der Waals surface area contributed by atoms with Crippen LogP contribution in [0.4, 0.5) is 10.5 Å². The number of nitrogens with one attached hydrogen (secondary N) is 5. The van der Waals surface area contributed by atoms with E-state index in [1.54, 1.807) is 32.9 Å². The van der Waals surface area contributed by atoms with Gasteiger partial charge >= 0.3 is 12.1 Å². The lowest BCUT2D eigenvalue weighted by atomic mass is 10.0. The number of thioether (sulfide) groups is 1. The molecule has 0 fully saturated rings. The van der Waals surface area contributed by atoms with Gasteiger partial charge in [-0.15, -0.1) is 0 Å². The first-order valence-corrected chi connectivity index (χ1v) is 19.6. The Morgan fingerprint density at radius 3 is 2.19 bits per heavy atom. The molecule has 0 aliphatic rings. The summed E-state index contributed by atoms with van der Waals surface area (Å²) >= 11 is 1.51. The van der Waals surface area contributed by atoms with Crippen molar-refractivity contribution in [2.24, 2.45) is 5.92 Å². The van der Waals surface area contributed by atoms with Crippen molar-refractivity contribution in [3.05, 3.63) is 59.2 Å². The Balaban J connectivity index is 2.01. The van der Waals surface area contributed by atoms with E-state index in [1.165, 1.54) is 18.9 Å². The number of carbonyl (C=O) groups excluding carboxylic acids is 6. The van der Waals surface area contributed by atoms with Crippen LogP contribution in [0.1, 0.15) is 69.6 Å². The first-order valence-electron chi connectivity index (χ1n) is 18.2. The van der Waals surface area contributed by atoms with Crippen molar-refractivity contribution in [2.75, 3.05) is 44.1 Å². The molecule has 54 heavy (non-hydrogen) atoms. The number of anilines is 1. The molecular weight excluding hydrogens is 715 g/mol. The maximum absolute atomic E-state index is 13.3. The normalized spacial score (nSPS) is 12.4. The van der Waals surface area contributed by atoms with E-state index in [0.717, 1.165) is 12.0 Å². The van der Waals surface area contributed by atoms with Gasteiger partial charge < -0.3 is 40.8 Å². The van der Waals surface area contributed by atoms with Crippen LogP contribution in [0.25, 0.3) is 0 Å². The second-order valence-electron chi connectivity index (χ2n) is 13.4. The number of benzene rings is 2. The van der Waals surface area contributed by atoms with Gasteiger partial charge in [-0.2, -0.15) is 11.8 Å². The summed E-state index contributed by atoms with van der Waals surface area (Å²) in [7, 11) is 1.34. The zero-order valence-electron chi connectivity index (χ0n) is 32.5. The van der Waals surface area contributed by atoms with E-state index in [1.807, 2.05) is 50.4 Å².